The Morgan fingerprint density at radius 3 is 2.53 bits per heavy atom. The molecule has 0 radical (unpaired) electrons. The number of aromatic nitrogens is 2. The lowest BCUT2D eigenvalue weighted by molar-refractivity contribution is 0.509. The number of rotatable bonds is 5. The zero-order valence-corrected chi connectivity index (χ0v) is 9.49. The molecule has 0 spiro atoms. The molecule has 0 saturated heterocycles. The van der Waals surface area contributed by atoms with Gasteiger partial charge < -0.3 is 10.7 Å². The van der Waals surface area contributed by atoms with Crippen LogP contribution in [0.5, 0.6) is 0 Å². The fraction of sp³-hybridized carbons (Fsp3) is 0.600. The third kappa shape index (κ3) is 3.36. The van der Waals surface area contributed by atoms with Gasteiger partial charge in [0.05, 0.1) is 12.4 Å². The van der Waals surface area contributed by atoms with Crippen LogP contribution in [-0.2, 0) is 0 Å². The Kier molecular flexibility index (Phi) is 4.30. The molecule has 0 amide bonds. The number of nitrogen functional groups attached to an aromatic ring is 1. The number of nitrogens with zero attached hydrogens (tertiary/aromatic N) is 2. The average Bonchev–Trinajstić information content (AvgIpc) is 2.25. The lowest BCUT2D eigenvalue weighted by atomic mass is 10.0. The molecule has 15 heavy (non-hydrogen) atoms. The Hall–Kier alpha value is -1.36. The highest BCUT2D eigenvalue weighted by atomic mass is 15.3. The number of hydrazine groups is 1. The molecule has 0 aliphatic carbocycles. The lowest BCUT2D eigenvalue weighted by Crippen LogP contribution is -2.25. The molecule has 0 bridgehead atoms. The maximum atomic E-state index is 5.26. The first-order valence-electron chi connectivity index (χ1n) is 5.22. The zero-order valence-electron chi connectivity index (χ0n) is 9.49. The van der Waals surface area contributed by atoms with E-state index >= 15 is 0 Å². The van der Waals surface area contributed by atoms with E-state index in [0.717, 1.165) is 12.2 Å². The first kappa shape index (κ1) is 11.7. The minimum atomic E-state index is 0.410. The number of hydrogen-bond acceptors (Lipinski definition) is 5. The summed E-state index contributed by atoms with van der Waals surface area (Å²) >= 11 is 0. The highest BCUT2D eigenvalue weighted by molar-refractivity contribution is 5.41. The topological polar surface area (TPSA) is 75.9 Å². The molecule has 1 aromatic heterocycles. The van der Waals surface area contributed by atoms with E-state index in [-0.39, 0.29) is 0 Å². The van der Waals surface area contributed by atoms with Crippen molar-refractivity contribution < 1.29 is 0 Å². The number of nitrogens with two attached hydrogens (primary N) is 1. The Labute approximate surface area is 90.5 Å². The molecule has 84 valence electrons. The predicted molar refractivity (Wildman–Crippen MR) is 62.4 cm³/mol. The number of nitrogens with one attached hydrogen (secondary N) is 2. The molecule has 1 rings (SSSR count). The summed E-state index contributed by atoms with van der Waals surface area (Å²) in [4.78, 5) is 8.29. The van der Waals surface area contributed by atoms with Crippen molar-refractivity contribution in [3.05, 3.63) is 12.4 Å². The molecule has 0 saturated carbocycles. The highest BCUT2D eigenvalue weighted by Gasteiger charge is 2.11. The largest absolute Gasteiger partial charge is 0.366 e. The van der Waals surface area contributed by atoms with Crippen LogP contribution < -0.4 is 16.6 Å². The van der Waals surface area contributed by atoms with Crippen molar-refractivity contribution in [3.8, 4) is 0 Å². The monoisotopic (exact) mass is 209 g/mol. The van der Waals surface area contributed by atoms with Gasteiger partial charge in [0.15, 0.2) is 5.82 Å². The number of anilines is 2. The van der Waals surface area contributed by atoms with Crippen molar-refractivity contribution in [2.45, 2.75) is 33.2 Å². The summed E-state index contributed by atoms with van der Waals surface area (Å²) in [6.07, 6.45) is 4.34. The molecule has 0 aliphatic rings. The quantitative estimate of drug-likeness (QED) is 0.507. The van der Waals surface area contributed by atoms with E-state index in [0.29, 0.717) is 17.8 Å². The Balaban J connectivity index is 2.70. The van der Waals surface area contributed by atoms with Crippen LogP contribution in [0.15, 0.2) is 12.4 Å². The fourth-order valence-corrected chi connectivity index (χ4v) is 1.44. The van der Waals surface area contributed by atoms with E-state index in [1.165, 1.54) is 0 Å². The first-order chi connectivity index (χ1) is 7.17. The summed E-state index contributed by atoms with van der Waals surface area (Å²) in [7, 11) is 0. The van der Waals surface area contributed by atoms with Crippen LogP contribution in [0.4, 0.5) is 11.6 Å². The van der Waals surface area contributed by atoms with Gasteiger partial charge in [-0.25, -0.2) is 10.8 Å². The third-order valence-corrected chi connectivity index (χ3v) is 2.36. The van der Waals surface area contributed by atoms with E-state index in [1.807, 2.05) is 0 Å². The van der Waals surface area contributed by atoms with Gasteiger partial charge in [0.1, 0.15) is 5.82 Å². The van der Waals surface area contributed by atoms with Crippen LogP contribution in [0.3, 0.4) is 0 Å². The first-order valence-corrected chi connectivity index (χ1v) is 5.22. The van der Waals surface area contributed by atoms with E-state index in [1.54, 1.807) is 12.4 Å². The molecule has 0 fully saturated rings. The minimum absolute atomic E-state index is 0.410. The highest BCUT2D eigenvalue weighted by Crippen LogP contribution is 2.13. The van der Waals surface area contributed by atoms with Crippen molar-refractivity contribution in [2.24, 2.45) is 11.8 Å². The average molecular weight is 209 g/mol. The van der Waals surface area contributed by atoms with E-state index < -0.39 is 0 Å². The molecule has 0 aliphatic heterocycles. The number of hydrogen-bond donors (Lipinski definition) is 3. The Morgan fingerprint density at radius 2 is 2.00 bits per heavy atom. The summed E-state index contributed by atoms with van der Waals surface area (Å²) in [5, 5.41) is 3.33. The van der Waals surface area contributed by atoms with Crippen molar-refractivity contribution in [3.63, 3.8) is 0 Å². The van der Waals surface area contributed by atoms with Gasteiger partial charge in [0.2, 0.25) is 0 Å². The van der Waals surface area contributed by atoms with Crippen LogP contribution in [0.2, 0.25) is 0 Å². The van der Waals surface area contributed by atoms with Crippen molar-refractivity contribution in [1.82, 2.24) is 9.97 Å². The molecule has 4 N–H and O–H groups in total. The maximum absolute atomic E-state index is 5.26. The van der Waals surface area contributed by atoms with Gasteiger partial charge in [-0.2, -0.15) is 0 Å². The molecule has 0 aromatic carbocycles. The second-order valence-corrected chi connectivity index (χ2v) is 3.84. The molecule has 1 aromatic rings. The van der Waals surface area contributed by atoms with E-state index in [9.17, 15) is 0 Å². The molecule has 5 nitrogen and oxygen atoms in total. The van der Waals surface area contributed by atoms with Crippen LogP contribution >= 0.6 is 0 Å². The second kappa shape index (κ2) is 5.50. The molecule has 1 atom stereocenters. The van der Waals surface area contributed by atoms with Crippen LogP contribution in [0.25, 0.3) is 0 Å². The van der Waals surface area contributed by atoms with Crippen molar-refractivity contribution in [1.29, 1.82) is 0 Å². The second-order valence-electron chi connectivity index (χ2n) is 3.84. The summed E-state index contributed by atoms with van der Waals surface area (Å²) in [6.45, 7) is 6.51. The minimum Gasteiger partial charge on any atom is -0.366 e. The van der Waals surface area contributed by atoms with Gasteiger partial charge in [0.25, 0.3) is 0 Å². The smallest absolute Gasteiger partial charge is 0.160 e. The van der Waals surface area contributed by atoms with E-state index in [2.05, 4.69) is 41.5 Å². The Morgan fingerprint density at radius 1 is 1.33 bits per heavy atom. The van der Waals surface area contributed by atoms with Gasteiger partial charge in [0, 0.05) is 6.04 Å². The van der Waals surface area contributed by atoms with Crippen molar-refractivity contribution >= 4 is 11.6 Å². The molecular weight excluding hydrogens is 190 g/mol. The molecule has 1 heterocycles. The van der Waals surface area contributed by atoms with Gasteiger partial charge >= 0.3 is 0 Å². The van der Waals surface area contributed by atoms with Gasteiger partial charge in [-0.15, -0.1) is 0 Å². The summed E-state index contributed by atoms with van der Waals surface area (Å²) in [5.41, 5.74) is 2.47. The summed E-state index contributed by atoms with van der Waals surface area (Å²) in [6, 6.07) is 0.410. The van der Waals surface area contributed by atoms with E-state index in [4.69, 9.17) is 5.84 Å². The predicted octanol–water partition coefficient (Wildman–Crippen LogP) is 1.61. The standard InChI is InChI=1S/C10H19N5/c1-4-8(7(2)3)13-9-5-12-6-10(14-9)15-11/h5-8H,4,11H2,1-3H3,(H2,13,14,15). The molecule has 5 heteroatoms. The summed E-state index contributed by atoms with van der Waals surface area (Å²) in [5.74, 6) is 7.15. The van der Waals surface area contributed by atoms with Crippen LogP contribution in [-0.4, -0.2) is 16.0 Å². The SMILES string of the molecule is CCC(Nc1cncc(NN)n1)C(C)C. The van der Waals surface area contributed by atoms with Gasteiger partial charge in [-0.1, -0.05) is 20.8 Å². The van der Waals surface area contributed by atoms with Crippen molar-refractivity contribution in [2.75, 3.05) is 10.7 Å². The Bertz CT molecular complexity index is 300. The molecular formula is C10H19N5. The normalized spacial score (nSPS) is 12.6. The van der Waals surface area contributed by atoms with Crippen LogP contribution in [0.1, 0.15) is 27.2 Å². The maximum Gasteiger partial charge on any atom is 0.160 e. The van der Waals surface area contributed by atoms with Gasteiger partial charge in [-0.05, 0) is 12.3 Å². The lowest BCUT2D eigenvalue weighted by Gasteiger charge is -2.21. The third-order valence-electron chi connectivity index (χ3n) is 2.36. The van der Waals surface area contributed by atoms with Crippen LogP contribution in [0, 0.1) is 5.92 Å². The van der Waals surface area contributed by atoms with Gasteiger partial charge in [-0.3, -0.25) is 4.98 Å². The summed E-state index contributed by atoms with van der Waals surface area (Å²) < 4.78 is 0. The molecule has 1 unspecified atom stereocenters. The fourth-order valence-electron chi connectivity index (χ4n) is 1.44. The zero-order chi connectivity index (χ0) is 11.3.